The van der Waals surface area contributed by atoms with Crippen molar-refractivity contribution in [3.63, 3.8) is 0 Å². The largest absolute Gasteiger partial charge is 0.497 e. The second-order valence-electron chi connectivity index (χ2n) is 4.42. The molecule has 0 fully saturated rings. The van der Waals surface area contributed by atoms with Gasteiger partial charge in [0.05, 0.1) is 7.11 Å². The monoisotopic (exact) mass is 256 g/mol. The molecule has 0 unspecified atom stereocenters. The zero-order valence-corrected chi connectivity index (χ0v) is 10.5. The van der Waals surface area contributed by atoms with Crippen molar-refractivity contribution in [3.05, 3.63) is 65.7 Å². The van der Waals surface area contributed by atoms with Crippen LogP contribution in [-0.2, 0) is 6.42 Å². The van der Waals surface area contributed by atoms with Crippen LogP contribution >= 0.6 is 0 Å². The summed E-state index contributed by atoms with van der Waals surface area (Å²) < 4.78 is 23.8. The van der Waals surface area contributed by atoms with Crippen LogP contribution in [0.3, 0.4) is 0 Å². The number of fused-ring (bicyclic) bond motifs is 1. The van der Waals surface area contributed by atoms with Crippen LogP contribution in [0.25, 0.3) is 11.0 Å². The van der Waals surface area contributed by atoms with Gasteiger partial charge in [-0.25, -0.2) is 4.39 Å². The fourth-order valence-electron chi connectivity index (χ4n) is 2.08. The van der Waals surface area contributed by atoms with Crippen LogP contribution in [0.15, 0.2) is 52.9 Å². The highest BCUT2D eigenvalue weighted by Gasteiger charge is 2.06. The summed E-state index contributed by atoms with van der Waals surface area (Å²) >= 11 is 0. The summed E-state index contributed by atoms with van der Waals surface area (Å²) in [6, 6.07) is 14.2. The lowest BCUT2D eigenvalue weighted by Crippen LogP contribution is -1.85. The molecule has 0 saturated carbocycles. The Kier molecular flexibility index (Phi) is 2.95. The van der Waals surface area contributed by atoms with Crippen LogP contribution in [0.4, 0.5) is 4.39 Å². The molecule has 0 saturated heterocycles. The van der Waals surface area contributed by atoms with Crippen molar-refractivity contribution in [2.45, 2.75) is 6.42 Å². The van der Waals surface area contributed by atoms with Crippen molar-refractivity contribution < 1.29 is 13.5 Å². The van der Waals surface area contributed by atoms with Crippen molar-refractivity contribution in [3.8, 4) is 5.75 Å². The molecule has 96 valence electrons. The number of methoxy groups -OCH3 is 1. The zero-order valence-electron chi connectivity index (χ0n) is 10.5. The van der Waals surface area contributed by atoms with Gasteiger partial charge >= 0.3 is 0 Å². The van der Waals surface area contributed by atoms with Gasteiger partial charge in [-0.2, -0.15) is 0 Å². The standard InChI is InChI=1S/C16H13FO2/c1-18-14-7-4-12-9-15(19-16(12)10-14)8-11-2-5-13(17)6-3-11/h2-7,9-10H,8H2,1H3. The predicted molar refractivity (Wildman–Crippen MR) is 72.0 cm³/mol. The van der Waals surface area contributed by atoms with E-state index in [-0.39, 0.29) is 5.82 Å². The molecule has 0 bridgehead atoms. The molecule has 1 heterocycles. The molecule has 2 aromatic carbocycles. The minimum absolute atomic E-state index is 0.224. The Bertz CT molecular complexity index is 698. The van der Waals surface area contributed by atoms with Gasteiger partial charge in [-0.05, 0) is 35.9 Å². The van der Waals surface area contributed by atoms with E-state index < -0.39 is 0 Å². The van der Waals surface area contributed by atoms with E-state index in [4.69, 9.17) is 9.15 Å². The maximum Gasteiger partial charge on any atom is 0.137 e. The van der Waals surface area contributed by atoms with Gasteiger partial charge in [-0.3, -0.25) is 0 Å². The molecule has 0 atom stereocenters. The highest BCUT2D eigenvalue weighted by molar-refractivity contribution is 5.79. The fraction of sp³-hybridized carbons (Fsp3) is 0.125. The normalized spacial score (nSPS) is 10.8. The molecule has 0 N–H and O–H groups in total. The van der Waals surface area contributed by atoms with Gasteiger partial charge < -0.3 is 9.15 Å². The minimum Gasteiger partial charge on any atom is -0.497 e. The Morgan fingerprint density at radius 1 is 1.05 bits per heavy atom. The third-order valence-corrected chi connectivity index (χ3v) is 3.07. The first-order chi connectivity index (χ1) is 9.24. The Morgan fingerprint density at radius 2 is 1.84 bits per heavy atom. The zero-order chi connectivity index (χ0) is 13.2. The first kappa shape index (κ1) is 11.8. The number of hydrogen-bond acceptors (Lipinski definition) is 2. The van der Waals surface area contributed by atoms with Crippen molar-refractivity contribution in [2.24, 2.45) is 0 Å². The number of rotatable bonds is 3. The summed E-state index contributed by atoms with van der Waals surface area (Å²) in [7, 11) is 1.63. The summed E-state index contributed by atoms with van der Waals surface area (Å²) in [6.07, 6.45) is 0.650. The van der Waals surface area contributed by atoms with E-state index in [0.29, 0.717) is 6.42 Å². The van der Waals surface area contributed by atoms with Gasteiger partial charge in [0.1, 0.15) is 22.9 Å². The Labute approximate surface area is 110 Å². The van der Waals surface area contributed by atoms with E-state index in [1.165, 1.54) is 12.1 Å². The third kappa shape index (κ3) is 2.45. The predicted octanol–water partition coefficient (Wildman–Crippen LogP) is 4.17. The summed E-state index contributed by atoms with van der Waals surface area (Å²) in [5.41, 5.74) is 1.82. The van der Waals surface area contributed by atoms with Crippen molar-refractivity contribution >= 4 is 11.0 Å². The van der Waals surface area contributed by atoms with Crippen LogP contribution in [0.5, 0.6) is 5.75 Å². The number of hydrogen-bond donors (Lipinski definition) is 0. The number of benzene rings is 2. The Morgan fingerprint density at radius 3 is 2.58 bits per heavy atom. The number of halogens is 1. The van der Waals surface area contributed by atoms with E-state index in [2.05, 4.69) is 0 Å². The van der Waals surface area contributed by atoms with Crippen LogP contribution in [0.1, 0.15) is 11.3 Å². The highest BCUT2D eigenvalue weighted by Crippen LogP contribution is 2.25. The highest BCUT2D eigenvalue weighted by atomic mass is 19.1. The Balaban J connectivity index is 1.90. The SMILES string of the molecule is COc1ccc2cc(Cc3ccc(F)cc3)oc2c1. The second kappa shape index (κ2) is 4.76. The Hall–Kier alpha value is -2.29. The first-order valence-corrected chi connectivity index (χ1v) is 6.05. The van der Waals surface area contributed by atoms with Crippen LogP contribution in [0.2, 0.25) is 0 Å². The van der Waals surface area contributed by atoms with Gasteiger partial charge in [-0.1, -0.05) is 12.1 Å². The lowest BCUT2D eigenvalue weighted by atomic mass is 10.1. The molecule has 2 nitrogen and oxygen atoms in total. The van der Waals surface area contributed by atoms with Crippen LogP contribution in [-0.4, -0.2) is 7.11 Å². The summed E-state index contributed by atoms with van der Waals surface area (Å²) in [5, 5.41) is 1.04. The molecular weight excluding hydrogens is 243 g/mol. The van der Waals surface area contributed by atoms with Crippen molar-refractivity contribution in [2.75, 3.05) is 7.11 Å². The molecule has 0 aliphatic carbocycles. The van der Waals surface area contributed by atoms with Gasteiger partial charge in [0, 0.05) is 17.9 Å². The second-order valence-corrected chi connectivity index (χ2v) is 4.42. The smallest absolute Gasteiger partial charge is 0.137 e. The topological polar surface area (TPSA) is 22.4 Å². The van der Waals surface area contributed by atoms with Gasteiger partial charge in [0.25, 0.3) is 0 Å². The molecular formula is C16H13FO2. The third-order valence-electron chi connectivity index (χ3n) is 3.07. The summed E-state index contributed by atoms with van der Waals surface area (Å²) in [4.78, 5) is 0. The number of furan rings is 1. The molecule has 0 spiro atoms. The average molecular weight is 256 g/mol. The molecule has 0 amide bonds. The molecule has 3 aromatic rings. The van der Waals surface area contributed by atoms with Crippen LogP contribution < -0.4 is 4.74 Å². The quantitative estimate of drug-likeness (QED) is 0.701. The molecule has 0 radical (unpaired) electrons. The molecule has 19 heavy (non-hydrogen) atoms. The summed E-state index contributed by atoms with van der Waals surface area (Å²) in [6.45, 7) is 0. The van der Waals surface area contributed by atoms with E-state index in [9.17, 15) is 4.39 Å². The first-order valence-electron chi connectivity index (χ1n) is 6.05. The van der Waals surface area contributed by atoms with E-state index in [1.807, 2.05) is 24.3 Å². The van der Waals surface area contributed by atoms with Gasteiger partial charge in [-0.15, -0.1) is 0 Å². The average Bonchev–Trinajstić information content (AvgIpc) is 2.82. The van der Waals surface area contributed by atoms with Gasteiger partial charge in [0.2, 0.25) is 0 Å². The minimum atomic E-state index is -0.224. The maximum absolute atomic E-state index is 12.8. The fourth-order valence-corrected chi connectivity index (χ4v) is 2.08. The summed E-state index contributed by atoms with van der Waals surface area (Å²) in [5.74, 6) is 1.41. The van der Waals surface area contributed by atoms with Gasteiger partial charge in [0.15, 0.2) is 0 Å². The molecule has 3 heteroatoms. The molecule has 0 aliphatic rings. The van der Waals surface area contributed by atoms with E-state index >= 15 is 0 Å². The lowest BCUT2D eigenvalue weighted by molar-refractivity contribution is 0.414. The molecule has 3 rings (SSSR count). The molecule has 1 aromatic heterocycles. The maximum atomic E-state index is 12.8. The van der Waals surface area contributed by atoms with Crippen molar-refractivity contribution in [1.29, 1.82) is 0 Å². The van der Waals surface area contributed by atoms with E-state index in [0.717, 1.165) is 28.0 Å². The van der Waals surface area contributed by atoms with E-state index in [1.54, 1.807) is 19.2 Å². The molecule has 0 aliphatic heterocycles. The van der Waals surface area contributed by atoms with Crippen molar-refractivity contribution in [1.82, 2.24) is 0 Å². The lowest BCUT2D eigenvalue weighted by Gasteiger charge is -1.98. The van der Waals surface area contributed by atoms with Crippen LogP contribution in [0, 0.1) is 5.82 Å². The number of ether oxygens (including phenoxy) is 1.